The number of aromatic nitrogens is 1. The number of anilines is 2. The van der Waals surface area contributed by atoms with Gasteiger partial charge in [0.1, 0.15) is 37.0 Å². The van der Waals surface area contributed by atoms with Gasteiger partial charge in [0.2, 0.25) is 40.9 Å². The second-order valence-electron chi connectivity index (χ2n) is 17.4. The molecule has 0 spiro atoms. The van der Waals surface area contributed by atoms with E-state index in [-0.39, 0.29) is 55.6 Å². The molecular formula is C50H52F8N5O15V-. The molecule has 0 bridgehead atoms. The Morgan fingerprint density at radius 2 is 1.08 bits per heavy atom. The molecule has 3 aromatic carbocycles. The summed E-state index contributed by atoms with van der Waals surface area (Å²) in [5.41, 5.74) is -0.240. The van der Waals surface area contributed by atoms with Gasteiger partial charge < -0.3 is 52.4 Å². The smallest absolute Gasteiger partial charge is 0.411 e. The summed E-state index contributed by atoms with van der Waals surface area (Å²) in [5, 5.41) is 27.1. The molecule has 4 aromatic rings. The molecule has 4 amide bonds. The Balaban J connectivity index is 0.000000773. The number of methoxy groups -OCH3 is 1. The second-order valence-corrected chi connectivity index (χ2v) is 17.4. The number of Topliss-reactive ketones (excluding diaryl/α,β-unsaturated/α-hetero) is 3. The van der Waals surface area contributed by atoms with Gasteiger partial charge in [-0.25, -0.2) is 22.4 Å². The van der Waals surface area contributed by atoms with Crippen LogP contribution in [0.2, 0.25) is 0 Å². The summed E-state index contributed by atoms with van der Waals surface area (Å²) >= 11 is 0. The predicted octanol–water partition coefficient (Wildman–Crippen LogP) is 6.27. The van der Waals surface area contributed by atoms with Gasteiger partial charge in [-0.05, 0) is 35.6 Å². The molecule has 20 nitrogen and oxygen atoms in total. The van der Waals surface area contributed by atoms with Crippen molar-refractivity contribution >= 4 is 64.5 Å². The SMILES string of the molecule is CC[C@@H](C(=O)N[C@@H](CC(=O)O)C(=O)COc1c(F)c(F)cc(F)c1F)n1cccc(NC(=O)OC)c1=O.C[C@H](CC(=O)C(=O)Nc1ccccc1C(C)(C)C)C(=O)N[C@@H](CC(=O)O)C(=O)COc1c(F)c(F)cc(F)c1F.[CH3-].[V]. The van der Waals surface area contributed by atoms with E-state index >= 15 is 0 Å². The topological polar surface area (TPSA) is 292 Å². The number of nitrogens with zero attached hydrogens (tertiary/aromatic N) is 1. The molecule has 0 aliphatic carbocycles. The zero-order valence-electron chi connectivity index (χ0n) is 42.9. The maximum Gasteiger partial charge on any atom is 0.411 e. The van der Waals surface area contributed by atoms with Gasteiger partial charge in [0.15, 0.2) is 46.3 Å². The van der Waals surface area contributed by atoms with Crippen molar-refractivity contribution in [3.05, 3.63) is 125 Å². The molecule has 1 heterocycles. The van der Waals surface area contributed by atoms with Crippen molar-refractivity contribution in [2.24, 2.45) is 5.92 Å². The minimum Gasteiger partial charge on any atom is -0.481 e. The number of para-hydroxylation sites is 1. The quantitative estimate of drug-likeness (QED) is 0.0206. The van der Waals surface area contributed by atoms with E-state index in [0.29, 0.717) is 5.69 Å². The van der Waals surface area contributed by atoms with E-state index in [1.54, 1.807) is 24.3 Å². The van der Waals surface area contributed by atoms with Crippen LogP contribution in [0.3, 0.4) is 0 Å². The van der Waals surface area contributed by atoms with Crippen LogP contribution in [0.1, 0.15) is 71.9 Å². The van der Waals surface area contributed by atoms with Crippen molar-refractivity contribution < 1.29 is 121 Å². The van der Waals surface area contributed by atoms with Gasteiger partial charge in [-0.2, -0.15) is 17.6 Å². The Bertz CT molecular complexity index is 2940. The van der Waals surface area contributed by atoms with Gasteiger partial charge in [0.05, 0.1) is 20.0 Å². The van der Waals surface area contributed by atoms with E-state index in [1.807, 2.05) is 20.8 Å². The first-order valence-corrected chi connectivity index (χ1v) is 22.4. The number of halogens is 8. The Morgan fingerprint density at radius 1 is 0.646 bits per heavy atom. The number of hydrogen-bond donors (Lipinski definition) is 6. The van der Waals surface area contributed by atoms with E-state index in [4.69, 9.17) is 10.2 Å². The van der Waals surface area contributed by atoms with Crippen LogP contribution in [0, 0.1) is 59.9 Å². The molecule has 1 aromatic heterocycles. The Kier molecular flexibility index (Phi) is 26.8. The second kappa shape index (κ2) is 30.7. The molecule has 6 N–H and O–H groups in total. The van der Waals surface area contributed by atoms with Gasteiger partial charge in [0, 0.05) is 54.9 Å². The van der Waals surface area contributed by atoms with Crippen molar-refractivity contribution in [1.29, 1.82) is 0 Å². The maximum atomic E-state index is 13.8. The first-order chi connectivity index (χ1) is 35.9. The van der Waals surface area contributed by atoms with Crippen LogP contribution < -0.4 is 36.3 Å². The van der Waals surface area contributed by atoms with E-state index in [2.05, 4.69) is 35.5 Å². The van der Waals surface area contributed by atoms with Crippen LogP contribution >= 0.6 is 0 Å². The van der Waals surface area contributed by atoms with Gasteiger partial charge in [-0.3, -0.25) is 48.5 Å². The molecule has 4 rings (SSSR count). The van der Waals surface area contributed by atoms with Gasteiger partial charge >= 0.3 is 18.0 Å². The molecule has 0 aliphatic rings. The molecule has 429 valence electrons. The fourth-order valence-corrected chi connectivity index (χ4v) is 6.69. The molecule has 79 heavy (non-hydrogen) atoms. The summed E-state index contributed by atoms with van der Waals surface area (Å²) in [6.45, 7) is 5.98. The number of carbonyl (C=O) groups excluding carboxylic acids is 7. The standard InChI is InChI=1S/C27H28F4N2O7.C22H21F4N3O8.CH3.V/c1-13(9-19(34)26(39)32-17-8-6-5-7-14(17)27(2,3)4)25(38)33-18(11-21(36)37)20(35)12-40-24-22(30)15(28)10-16(29)23(24)31;1-3-14(29-6-4-5-12(21(29)34)28-22(35)36-2)20(33)27-13(8-16(31)32)15(30)9-37-19-17(25)10(23)7-11(24)18(19)26;;/h5-8,10,13,18H,9,11-12H2,1-4H3,(H,32,39)(H,33,38)(H,36,37);4-7,13-14H,3,8-9H2,1-2H3,(H,27,33)(H,28,35)(H,31,32);1H3;/q;;-1;/t13-,18+;13-,14-;;/m10../s1. The number of hydrogen-bond acceptors (Lipinski definition) is 13. The minimum absolute atomic E-state index is 0. The number of nitrogens with one attached hydrogen (secondary N) is 4. The summed E-state index contributed by atoms with van der Waals surface area (Å²) in [6.07, 6.45) is -2.35. The van der Waals surface area contributed by atoms with Crippen molar-refractivity contribution in [2.75, 3.05) is 31.0 Å². The molecule has 1 radical (unpaired) electrons. The third-order valence-corrected chi connectivity index (χ3v) is 10.6. The van der Waals surface area contributed by atoms with Gasteiger partial charge in [-0.1, -0.05) is 52.8 Å². The van der Waals surface area contributed by atoms with Crippen LogP contribution in [0.5, 0.6) is 11.5 Å². The van der Waals surface area contributed by atoms with Crippen LogP contribution in [0.15, 0.2) is 59.5 Å². The third kappa shape index (κ3) is 19.4. The predicted molar refractivity (Wildman–Crippen MR) is 257 cm³/mol. The molecule has 29 heteroatoms. The van der Waals surface area contributed by atoms with Crippen LogP contribution in [-0.4, -0.2) is 100 Å². The van der Waals surface area contributed by atoms with E-state index < -0.39 is 173 Å². The minimum atomic E-state index is -1.92. The number of ketones is 3. The zero-order valence-corrected chi connectivity index (χ0v) is 44.3. The van der Waals surface area contributed by atoms with Crippen LogP contribution in [0.4, 0.5) is 51.3 Å². The first kappa shape index (κ1) is 68.9. The summed E-state index contributed by atoms with van der Waals surface area (Å²) in [6, 6.07) is 4.37. The number of ether oxygens (including phenoxy) is 3. The largest absolute Gasteiger partial charge is 0.481 e. The monoisotopic (exact) mass is 1170 g/mol. The number of rotatable bonds is 23. The fourth-order valence-electron chi connectivity index (χ4n) is 6.69. The normalized spacial score (nSPS) is 12.2. The summed E-state index contributed by atoms with van der Waals surface area (Å²) in [4.78, 5) is 122. The first-order valence-electron chi connectivity index (χ1n) is 22.4. The van der Waals surface area contributed by atoms with Crippen molar-refractivity contribution in [2.45, 2.75) is 83.8 Å². The summed E-state index contributed by atoms with van der Waals surface area (Å²) in [5.74, 6) is -28.6. The zero-order chi connectivity index (χ0) is 58.2. The fraction of sp³-hybridized carbons (Fsp3) is 0.340. The van der Waals surface area contributed by atoms with E-state index in [1.165, 1.54) is 32.2 Å². The number of aliphatic carboxylic acids is 2. The average Bonchev–Trinajstić information content (AvgIpc) is 3.35. The Hall–Kier alpha value is -8.14. The molecule has 0 fully saturated rings. The van der Waals surface area contributed by atoms with Crippen LogP contribution in [-0.2, 0) is 67.1 Å². The summed E-state index contributed by atoms with van der Waals surface area (Å²) in [7, 11) is 1.07. The molecule has 0 aliphatic heterocycles. The molecule has 0 unspecified atom stereocenters. The third-order valence-electron chi connectivity index (χ3n) is 10.6. The van der Waals surface area contributed by atoms with Crippen LogP contribution in [0.25, 0.3) is 0 Å². The van der Waals surface area contributed by atoms with Crippen molar-refractivity contribution in [3.63, 3.8) is 0 Å². The molecule has 4 atom stereocenters. The Labute approximate surface area is 456 Å². The number of benzene rings is 3. The number of pyridine rings is 1. The number of carboxylic acid groups (broad SMARTS) is 2. The van der Waals surface area contributed by atoms with Crippen molar-refractivity contribution in [3.8, 4) is 11.5 Å². The molecule has 0 saturated carbocycles. The number of amides is 4. The maximum absolute atomic E-state index is 13.8. The average molecular weight is 1170 g/mol. The van der Waals surface area contributed by atoms with Crippen molar-refractivity contribution in [1.82, 2.24) is 15.2 Å². The summed E-state index contributed by atoms with van der Waals surface area (Å²) < 4.78 is 123. The molecule has 0 saturated heterocycles. The van der Waals surface area contributed by atoms with E-state index in [9.17, 15) is 83.1 Å². The molecular weight excluding hydrogens is 1110 g/mol. The van der Waals surface area contributed by atoms with Gasteiger partial charge in [-0.15, -0.1) is 0 Å². The number of carbonyl (C=O) groups is 9. The van der Waals surface area contributed by atoms with Gasteiger partial charge in [0.25, 0.3) is 11.5 Å². The van der Waals surface area contributed by atoms with E-state index in [0.717, 1.165) is 17.2 Å². The number of carboxylic acids is 2. The Morgan fingerprint density at radius 3 is 1.49 bits per heavy atom.